The van der Waals surface area contributed by atoms with Crippen LogP contribution in [-0.2, 0) is 12.8 Å². The van der Waals surface area contributed by atoms with Gasteiger partial charge < -0.3 is 0 Å². The van der Waals surface area contributed by atoms with Crippen LogP contribution in [0.4, 0.5) is 0 Å². The van der Waals surface area contributed by atoms with E-state index < -0.39 is 0 Å². The summed E-state index contributed by atoms with van der Waals surface area (Å²) >= 11 is 0. The molecule has 0 bridgehead atoms. The van der Waals surface area contributed by atoms with Crippen molar-refractivity contribution in [3.63, 3.8) is 0 Å². The number of pyridine rings is 1. The lowest BCUT2D eigenvalue weighted by molar-refractivity contribution is 0.0826. The fourth-order valence-electron chi connectivity index (χ4n) is 5.46. The van der Waals surface area contributed by atoms with Gasteiger partial charge in [-0.05, 0) is 68.7 Å². The summed E-state index contributed by atoms with van der Waals surface area (Å²) in [6.45, 7) is 2.05. The van der Waals surface area contributed by atoms with Crippen LogP contribution in [0.3, 0.4) is 0 Å². The van der Waals surface area contributed by atoms with E-state index >= 15 is 0 Å². The first-order chi connectivity index (χ1) is 14.7. The Morgan fingerprint density at radius 1 is 1.07 bits per heavy atom. The van der Waals surface area contributed by atoms with Gasteiger partial charge in [0, 0.05) is 27.9 Å². The van der Waals surface area contributed by atoms with Crippen LogP contribution in [0.1, 0.15) is 60.1 Å². The van der Waals surface area contributed by atoms with Crippen LogP contribution in [0.15, 0.2) is 24.5 Å². The third kappa shape index (κ3) is 2.56. The number of benzene rings is 1. The van der Waals surface area contributed by atoms with Crippen LogP contribution in [0, 0.1) is 12.8 Å². The van der Waals surface area contributed by atoms with Gasteiger partial charge in [0.15, 0.2) is 0 Å². The zero-order valence-corrected chi connectivity index (χ0v) is 17.2. The molecule has 3 heterocycles. The van der Waals surface area contributed by atoms with Crippen molar-refractivity contribution in [3.8, 4) is 11.3 Å². The summed E-state index contributed by atoms with van der Waals surface area (Å²) < 4.78 is 1.65. The normalized spacial score (nSPS) is 17.1. The van der Waals surface area contributed by atoms with E-state index in [0.29, 0.717) is 0 Å². The maximum Gasteiger partial charge on any atom is 0.250 e. The predicted molar refractivity (Wildman–Crippen MR) is 117 cm³/mol. The summed E-state index contributed by atoms with van der Waals surface area (Å²) in [5.41, 5.74) is 7.79. The summed E-state index contributed by atoms with van der Waals surface area (Å²) in [5.74, 6) is 0.261. The molecule has 0 saturated heterocycles. The molecule has 0 aliphatic heterocycles. The molecule has 3 aromatic heterocycles. The first-order valence-corrected chi connectivity index (χ1v) is 11.1. The third-order valence-corrected chi connectivity index (χ3v) is 7.02. The molecule has 4 aromatic rings. The van der Waals surface area contributed by atoms with Crippen LogP contribution < -0.4 is 0 Å². The summed E-state index contributed by atoms with van der Waals surface area (Å²) in [6.07, 6.45) is 12.5. The molecule has 6 rings (SSSR count). The number of nitrogens with one attached hydrogen (secondary N) is 1. The van der Waals surface area contributed by atoms with Crippen molar-refractivity contribution in [1.82, 2.24) is 25.0 Å². The van der Waals surface area contributed by atoms with Gasteiger partial charge in [0.2, 0.25) is 0 Å². The molecule has 1 aromatic carbocycles. The maximum atomic E-state index is 13.1. The minimum Gasteiger partial charge on any atom is -0.282 e. The van der Waals surface area contributed by atoms with Gasteiger partial charge in [-0.15, -0.1) is 0 Å². The van der Waals surface area contributed by atoms with Crippen LogP contribution >= 0.6 is 0 Å². The van der Waals surface area contributed by atoms with E-state index in [0.717, 1.165) is 71.9 Å². The highest BCUT2D eigenvalue weighted by atomic mass is 16.2. The second kappa shape index (κ2) is 6.76. The summed E-state index contributed by atoms with van der Waals surface area (Å²) in [4.78, 5) is 18.2. The van der Waals surface area contributed by atoms with Crippen molar-refractivity contribution in [3.05, 3.63) is 41.3 Å². The maximum absolute atomic E-state index is 13.1. The van der Waals surface area contributed by atoms with Crippen molar-refractivity contribution in [2.45, 2.75) is 58.3 Å². The highest BCUT2D eigenvalue weighted by Gasteiger charge is 2.27. The second-order valence-corrected chi connectivity index (χ2v) is 8.80. The van der Waals surface area contributed by atoms with Gasteiger partial charge in [-0.1, -0.05) is 12.8 Å². The number of carbonyl (C=O) groups is 1. The minimum absolute atomic E-state index is 0.113. The van der Waals surface area contributed by atoms with Crippen LogP contribution in [0.25, 0.3) is 33.1 Å². The molecule has 0 radical (unpaired) electrons. The molecule has 152 valence electrons. The number of hydrogen-bond acceptors (Lipinski definition) is 4. The van der Waals surface area contributed by atoms with Crippen molar-refractivity contribution < 1.29 is 4.79 Å². The number of aromatic nitrogens is 5. The number of aryl methyl sites for hydroxylation is 2. The molecular weight excluding hydrogens is 374 g/mol. The smallest absolute Gasteiger partial charge is 0.250 e. The Kier molecular flexibility index (Phi) is 4.01. The van der Waals surface area contributed by atoms with Gasteiger partial charge in [0.1, 0.15) is 0 Å². The quantitative estimate of drug-likeness (QED) is 0.515. The molecule has 1 fully saturated rings. The van der Waals surface area contributed by atoms with Crippen molar-refractivity contribution >= 4 is 27.7 Å². The number of aromatic amines is 1. The lowest BCUT2D eigenvalue weighted by Gasteiger charge is -2.21. The standard InChI is InChI=1S/C24H25N5O/c1-14-18(12-25-28-14)23-17-9-5-4-8-16(17)22-19-13-26-29(21(19)11-10-20(22)27-23)24(30)15-6-2-3-7-15/h10-13,15H,2-9H2,1H3,(H,25,28). The van der Waals surface area contributed by atoms with Crippen molar-refractivity contribution in [2.75, 3.05) is 0 Å². The molecule has 2 aliphatic carbocycles. The van der Waals surface area contributed by atoms with Gasteiger partial charge >= 0.3 is 0 Å². The Balaban J connectivity index is 1.60. The fraction of sp³-hybridized carbons (Fsp3) is 0.417. The van der Waals surface area contributed by atoms with Gasteiger partial charge in [0.25, 0.3) is 5.91 Å². The highest BCUT2D eigenvalue weighted by Crippen LogP contribution is 2.39. The molecule has 0 amide bonds. The Morgan fingerprint density at radius 2 is 1.87 bits per heavy atom. The zero-order chi connectivity index (χ0) is 20.2. The Bertz CT molecular complexity index is 1290. The SMILES string of the molecule is Cc1[nH]ncc1-c1nc2ccc3c(cnn3C(=O)C3CCCC3)c2c2c1CCCC2. The fourth-order valence-corrected chi connectivity index (χ4v) is 5.46. The molecule has 30 heavy (non-hydrogen) atoms. The third-order valence-electron chi connectivity index (χ3n) is 7.02. The molecule has 0 spiro atoms. The largest absolute Gasteiger partial charge is 0.282 e. The molecular formula is C24H25N5O. The average Bonchev–Trinajstić information content (AvgIpc) is 3.53. The van der Waals surface area contributed by atoms with Crippen molar-refractivity contribution in [1.29, 1.82) is 0 Å². The van der Waals surface area contributed by atoms with E-state index in [1.165, 1.54) is 29.4 Å². The predicted octanol–water partition coefficient (Wildman–Crippen LogP) is 4.99. The van der Waals surface area contributed by atoms with E-state index in [-0.39, 0.29) is 11.8 Å². The Morgan fingerprint density at radius 3 is 2.63 bits per heavy atom. The molecule has 6 heteroatoms. The number of H-pyrrole nitrogens is 1. The lowest BCUT2D eigenvalue weighted by atomic mass is 9.85. The van der Waals surface area contributed by atoms with Gasteiger partial charge in [-0.25, -0.2) is 4.98 Å². The average molecular weight is 399 g/mol. The van der Waals surface area contributed by atoms with E-state index in [9.17, 15) is 4.79 Å². The molecule has 1 saturated carbocycles. The molecule has 0 unspecified atom stereocenters. The van der Waals surface area contributed by atoms with Gasteiger partial charge in [-0.2, -0.15) is 14.9 Å². The Labute approximate surface area is 174 Å². The van der Waals surface area contributed by atoms with Crippen LogP contribution in [0.2, 0.25) is 0 Å². The Hall–Kier alpha value is -3.02. The summed E-state index contributed by atoms with van der Waals surface area (Å²) in [6, 6.07) is 4.08. The van der Waals surface area contributed by atoms with Crippen LogP contribution in [-0.4, -0.2) is 30.9 Å². The van der Waals surface area contributed by atoms with E-state index in [4.69, 9.17) is 4.98 Å². The number of nitrogens with zero attached hydrogens (tertiary/aromatic N) is 4. The van der Waals surface area contributed by atoms with Gasteiger partial charge in [-0.3, -0.25) is 9.89 Å². The lowest BCUT2D eigenvalue weighted by Crippen LogP contribution is -2.20. The number of rotatable bonds is 2. The minimum atomic E-state index is 0.113. The molecule has 2 aliphatic rings. The van der Waals surface area contributed by atoms with E-state index in [1.54, 1.807) is 4.68 Å². The first-order valence-electron chi connectivity index (χ1n) is 11.1. The second-order valence-electron chi connectivity index (χ2n) is 8.80. The van der Waals surface area contributed by atoms with Crippen LogP contribution in [0.5, 0.6) is 0 Å². The molecule has 0 atom stereocenters. The van der Waals surface area contributed by atoms with E-state index in [1.807, 2.05) is 25.4 Å². The van der Waals surface area contributed by atoms with E-state index in [2.05, 4.69) is 21.4 Å². The zero-order valence-electron chi connectivity index (χ0n) is 17.2. The number of carbonyl (C=O) groups excluding carboxylic acids is 1. The molecule has 6 nitrogen and oxygen atoms in total. The summed E-state index contributed by atoms with van der Waals surface area (Å²) in [7, 11) is 0. The first kappa shape index (κ1) is 17.8. The molecule has 1 N–H and O–H groups in total. The number of fused-ring (bicyclic) bond motifs is 5. The van der Waals surface area contributed by atoms with Gasteiger partial charge in [0.05, 0.1) is 29.1 Å². The monoisotopic (exact) mass is 399 g/mol. The van der Waals surface area contributed by atoms with Crippen molar-refractivity contribution in [2.24, 2.45) is 5.92 Å². The number of hydrogen-bond donors (Lipinski definition) is 1. The topological polar surface area (TPSA) is 76.5 Å². The highest BCUT2D eigenvalue weighted by molar-refractivity contribution is 6.10. The summed E-state index contributed by atoms with van der Waals surface area (Å²) in [5, 5.41) is 14.1.